The summed E-state index contributed by atoms with van der Waals surface area (Å²) in [6.45, 7) is 2.06. The van der Waals surface area contributed by atoms with Gasteiger partial charge in [0.2, 0.25) is 0 Å². The maximum atomic E-state index is 12.5. The van der Waals surface area contributed by atoms with Gasteiger partial charge >= 0.3 is 0 Å². The summed E-state index contributed by atoms with van der Waals surface area (Å²) < 4.78 is 27.7. The minimum Gasteiger partial charge on any atom is -0.278 e. The molecule has 0 aliphatic carbocycles. The predicted octanol–water partition coefficient (Wildman–Crippen LogP) is 4.03. The third-order valence-corrected chi connectivity index (χ3v) is 5.17. The Labute approximate surface area is 142 Å². The molecule has 4 nitrogen and oxygen atoms in total. The Morgan fingerprint density at radius 3 is 2.25 bits per heavy atom. The minimum absolute atomic E-state index is 0.00664. The molecule has 0 aliphatic heterocycles. The lowest BCUT2D eigenvalue weighted by Crippen LogP contribution is -2.16. The van der Waals surface area contributed by atoms with Gasteiger partial charge in [-0.15, -0.1) is 0 Å². The van der Waals surface area contributed by atoms with Crippen LogP contribution in [0.1, 0.15) is 24.0 Å². The molecule has 1 unspecified atom stereocenters. The number of sulfonamides is 1. The summed E-state index contributed by atoms with van der Waals surface area (Å²) in [7, 11) is -3.71. The fourth-order valence-corrected chi connectivity index (χ4v) is 3.63. The maximum Gasteiger partial charge on any atom is 0.279 e. The summed E-state index contributed by atoms with van der Waals surface area (Å²) in [6.07, 6.45) is 1.47. The van der Waals surface area contributed by atoms with E-state index >= 15 is 0 Å². The molecule has 5 heteroatoms. The number of rotatable bonds is 5. The highest BCUT2D eigenvalue weighted by Crippen LogP contribution is 2.30. The van der Waals surface area contributed by atoms with E-state index in [1.807, 2.05) is 48.5 Å². The molecular weight excluding hydrogens is 320 g/mol. The van der Waals surface area contributed by atoms with Gasteiger partial charge in [-0.05, 0) is 29.3 Å². The van der Waals surface area contributed by atoms with Gasteiger partial charge in [-0.1, -0.05) is 61.5 Å². The summed E-state index contributed by atoms with van der Waals surface area (Å²) in [4.78, 5) is 3.93. The van der Waals surface area contributed by atoms with Gasteiger partial charge in [0.05, 0.1) is 5.69 Å². The van der Waals surface area contributed by atoms with Crippen LogP contribution < -0.4 is 4.72 Å². The molecule has 3 aromatic rings. The average Bonchev–Trinajstić information content (AvgIpc) is 2.63. The Kier molecular flexibility index (Phi) is 4.62. The second-order valence-electron chi connectivity index (χ2n) is 5.49. The third-order valence-electron chi connectivity index (χ3n) is 3.88. The first-order valence-electron chi connectivity index (χ1n) is 7.65. The monoisotopic (exact) mass is 338 g/mol. The molecule has 0 fully saturated rings. The van der Waals surface area contributed by atoms with Gasteiger partial charge in [-0.25, -0.2) is 4.98 Å². The van der Waals surface area contributed by atoms with Crippen LogP contribution in [0.4, 0.5) is 5.69 Å². The highest BCUT2D eigenvalue weighted by Gasteiger charge is 2.19. The van der Waals surface area contributed by atoms with Gasteiger partial charge in [-0.3, -0.25) is 4.72 Å². The molecule has 0 saturated carbocycles. The van der Waals surface area contributed by atoms with Crippen molar-refractivity contribution in [3.63, 3.8) is 0 Å². The highest BCUT2D eigenvalue weighted by atomic mass is 32.2. The number of aromatic nitrogens is 1. The number of nitrogens with one attached hydrogen (secondary N) is 1. The number of para-hydroxylation sites is 1. The molecule has 0 bridgehead atoms. The van der Waals surface area contributed by atoms with E-state index in [4.69, 9.17) is 0 Å². The zero-order valence-electron chi connectivity index (χ0n) is 13.3. The lowest BCUT2D eigenvalue weighted by Gasteiger charge is -2.18. The van der Waals surface area contributed by atoms with Crippen LogP contribution in [0, 0.1) is 0 Å². The molecule has 2 aromatic carbocycles. The van der Waals surface area contributed by atoms with Gasteiger partial charge in [0.15, 0.2) is 5.03 Å². The Morgan fingerprint density at radius 2 is 1.54 bits per heavy atom. The largest absolute Gasteiger partial charge is 0.279 e. The summed E-state index contributed by atoms with van der Waals surface area (Å²) in [5.41, 5.74) is 2.62. The SMILES string of the molecule is CC(c1ccccc1)c1ccccc1NS(=O)(=O)c1ccccn1. The molecule has 1 aromatic heterocycles. The van der Waals surface area contributed by atoms with Crippen molar-refractivity contribution in [3.05, 3.63) is 90.1 Å². The number of hydrogen-bond acceptors (Lipinski definition) is 3. The van der Waals surface area contributed by atoms with Gasteiger partial charge < -0.3 is 0 Å². The fourth-order valence-electron chi connectivity index (χ4n) is 2.59. The van der Waals surface area contributed by atoms with Crippen molar-refractivity contribution in [1.29, 1.82) is 0 Å². The van der Waals surface area contributed by atoms with Crippen molar-refractivity contribution < 1.29 is 8.42 Å². The second kappa shape index (κ2) is 6.84. The summed E-state index contributed by atoms with van der Waals surface area (Å²) in [5.74, 6) is 0.0637. The zero-order valence-corrected chi connectivity index (χ0v) is 14.1. The second-order valence-corrected chi connectivity index (χ2v) is 7.12. The quantitative estimate of drug-likeness (QED) is 0.764. The molecule has 0 radical (unpaired) electrons. The molecule has 0 amide bonds. The zero-order chi connectivity index (χ0) is 17.0. The third kappa shape index (κ3) is 3.46. The predicted molar refractivity (Wildman–Crippen MR) is 95.4 cm³/mol. The van der Waals surface area contributed by atoms with Crippen LogP contribution in [0.2, 0.25) is 0 Å². The maximum absolute atomic E-state index is 12.5. The molecule has 0 aliphatic rings. The first-order chi connectivity index (χ1) is 11.6. The molecule has 0 spiro atoms. The van der Waals surface area contributed by atoms with Crippen molar-refractivity contribution in [1.82, 2.24) is 4.98 Å². The number of anilines is 1. The summed E-state index contributed by atoms with van der Waals surface area (Å²) >= 11 is 0. The number of nitrogens with zero attached hydrogens (tertiary/aromatic N) is 1. The number of hydrogen-bond donors (Lipinski definition) is 1. The first kappa shape index (κ1) is 16.2. The summed E-state index contributed by atoms with van der Waals surface area (Å²) in [6, 6.07) is 22.2. The lowest BCUT2D eigenvalue weighted by atomic mass is 9.92. The van der Waals surface area contributed by atoms with Crippen LogP contribution >= 0.6 is 0 Å². The minimum atomic E-state index is -3.71. The van der Waals surface area contributed by atoms with Crippen LogP contribution in [0.25, 0.3) is 0 Å². The number of pyridine rings is 1. The van der Waals surface area contributed by atoms with Crippen LogP contribution in [0.5, 0.6) is 0 Å². The van der Waals surface area contributed by atoms with E-state index in [1.165, 1.54) is 12.3 Å². The van der Waals surface area contributed by atoms with Crippen molar-refractivity contribution in [2.45, 2.75) is 17.9 Å². The normalized spacial score (nSPS) is 12.5. The van der Waals surface area contributed by atoms with Crippen molar-refractivity contribution in [3.8, 4) is 0 Å². The molecule has 122 valence electrons. The van der Waals surface area contributed by atoms with E-state index in [-0.39, 0.29) is 10.9 Å². The van der Waals surface area contributed by atoms with E-state index in [1.54, 1.807) is 18.2 Å². The van der Waals surface area contributed by atoms with Crippen LogP contribution in [-0.4, -0.2) is 13.4 Å². The van der Waals surface area contributed by atoms with Crippen molar-refractivity contribution in [2.24, 2.45) is 0 Å². The first-order valence-corrected chi connectivity index (χ1v) is 9.14. The van der Waals surface area contributed by atoms with E-state index in [0.717, 1.165) is 11.1 Å². The molecule has 1 atom stereocenters. The topological polar surface area (TPSA) is 59.1 Å². The Morgan fingerprint density at radius 1 is 0.875 bits per heavy atom. The average molecular weight is 338 g/mol. The van der Waals surface area contributed by atoms with Crippen molar-refractivity contribution in [2.75, 3.05) is 4.72 Å². The standard InChI is InChI=1S/C19H18N2O2S/c1-15(16-9-3-2-4-10-16)17-11-5-6-12-18(17)21-24(22,23)19-13-7-8-14-20-19/h2-15,21H,1H3. The van der Waals surface area contributed by atoms with Gasteiger partial charge in [0, 0.05) is 12.1 Å². The Balaban J connectivity index is 1.96. The Hall–Kier alpha value is -2.66. The molecule has 3 rings (SSSR count). The van der Waals surface area contributed by atoms with Gasteiger partial charge in [-0.2, -0.15) is 8.42 Å². The smallest absolute Gasteiger partial charge is 0.278 e. The molecular formula is C19H18N2O2S. The van der Waals surface area contributed by atoms with Crippen LogP contribution in [0.3, 0.4) is 0 Å². The summed E-state index contributed by atoms with van der Waals surface area (Å²) in [5, 5.41) is 0.00664. The van der Waals surface area contributed by atoms with E-state index in [2.05, 4.69) is 16.6 Å². The van der Waals surface area contributed by atoms with E-state index < -0.39 is 10.0 Å². The molecule has 0 saturated heterocycles. The van der Waals surface area contributed by atoms with Gasteiger partial charge in [0.1, 0.15) is 0 Å². The fraction of sp³-hybridized carbons (Fsp3) is 0.105. The van der Waals surface area contributed by atoms with E-state index in [0.29, 0.717) is 5.69 Å². The highest BCUT2D eigenvalue weighted by molar-refractivity contribution is 7.92. The van der Waals surface area contributed by atoms with Gasteiger partial charge in [0.25, 0.3) is 10.0 Å². The van der Waals surface area contributed by atoms with Crippen LogP contribution in [0.15, 0.2) is 84.0 Å². The van der Waals surface area contributed by atoms with E-state index in [9.17, 15) is 8.42 Å². The van der Waals surface area contributed by atoms with Crippen LogP contribution in [-0.2, 0) is 10.0 Å². The molecule has 1 N–H and O–H groups in total. The lowest BCUT2D eigenvalue weighted by molar-refractivity contribution is 0.597. The number of benzene rings is 2. The molecule has 24 heavy (non-hydrogen) atoms. The van der Waals surface area contributed by atoms with Crippen molar-refractivity contribution >= 4 is 15.7 Å². The molecule has 1 heterocycles. The Bertz CT molecular complexity index is 910.